The molecular weight excluding hydrogens is 354 g/mol. The second-order valence-electron chi connectivity index (χ2n) is 5.57. The highest BCUT2D eigenvalue weighted by Crippen LogP contribution is 2.29. The van der Waals surface area contributed by atoms with Crippen LogP contribution in [0, 0.1) is 10.1 Å². The molecule has 0 radical (unpaired) electrons. The van der Waals surface area contributed by atoms with Crippen molar-refractivity contribution in [2.45, 2.75) is 12.5 Å². The van der Waals surface area contributed by atoms with E-state index >= 15 is 0 Å². The number of non-ortho nitro benzene ring substituents is 1. The molecule has 136 valence electrons. The highest BCUT2D eigenvalue weighted by molar-refractivity contribution is 7.91. The predicted octanol–water partition coefficient (Wildman–Crippen LogP) is 0.187. The van der Waals surface area contributed by atoms with Crippen molar-refractivity contribution < 1.29 is 27.7 Å². The largest absolute Gasteiger partial charge is 0.494 e. The maximum atomic E-state index is 12.2. The first-order chi connectivity index (χ1) is 11.6. The van der Waals surface area contributed by atoms with Gasteiger partial charge in [0, 0.05) is 19.2 Å². The molecule has 10 nitrogen and oxygen atoms in total. The average Bonchev–Trinajstić information content (AvgIpc) is 2.93. The van der Waals surface area contributed by atoms with Gasteiger partial charge in [0.2, 0.25) is 0 Å². The van der Waals surface area contributed by atoms with Crippen molar-refractivity contribution in [3.05, 3.63) is 28.3 Å². The highest BCUT2D eigenvalue weighted by Gasteiger charge is 2.34. The van der Waals surface area contributed by atoms with E-state index in [0.717, 1.165) is 17.0 Å². The minimum absolute atomic E-state index is 0.0208. The molecule has 1 saturated heterocycles. The molecule has 1 aliphatic heterocycles. The van der Waals surface area contributed by atoms with Gasteiger partial charge in [-0.15, -0.1) is 0 Å². The molecule has 1 fully saturated rings. The SMILES string of the molecule is COc1cc([N+](=O)[O-])ccc1NC(=O)C(=O)N(C)C1CCS(=O)(=O)C1. The Labute approximate surface area is 143 Å². The Morgan fingerprint density at radius 2 is 2.08 bits per heavy atom. The Hall–Kier alpha value is -2.69. The molecule has 25 heavy (non-hydrogen) atoms. The fourth-order valence-electron chi connectivity index (χ4n) is 2.48. The van der Waals surface area contributed by atoms with Crippen molar-refractivity contribution >= 4 is 33.0 Å². The minimum Gasteiger partial charge on any atom is -0.494 e. The number of anilines is 1. The number of hydrogen-bond donors (Lipinski definition) is 1. The summed E-state index contributed by atoms with van der Waals surface area (Å²) in [6, 6.07) is 2.98. The number of sulfone groups is 1. The summed E-state index contributed by atoms with van der Waals surface area (Å²) in [5, 5.41) is 13.1. The minimum atomic E-state index is -3.19. The average molecular weight is 371 g/mol. The van der Waals surface area contributed by atoms with E-state index in [4.69, 9.17) is 4.74 Å². The summed E-state index contributed by atoms with van der Waals surface area (Å²) < 4.78 is 28.0. The first-order valence-corrected chi connectivity index (χ1v) is 9.07. The van der Waals surface area contributed by atoms with Crippen molar-refractivity contribution in [3.63, 3.8) is 0 Å². The molecule has 0 saturated carbocycles. The molecule has 2 rings (SSSR count). The molecule has 2 amide bonds. The van der Waals surface area contributed by atoms with Crippen molar-refractivity contribution in [2.75, 3.05) is 31.0 Å². The molecule has 0 aromatic heterocycles. The van der Waals surface area contributed by atoms with Gasteiger partial charge in [-0.1, -0.05) is 0 Å². The third kappa shape index (κ3) is 4.24. The molecule has 1 aliphatic rings. The Balaban J connectivity index is 2.11. The zero-order valence-electron chi connectivity index (χ0n) is 13.6. The number of rotatable bonds is 4. The number of amides is 2. The Morgan fingerprint density at radius 1 is 1.40 bits per heavy atom. The van der Waals surface area contributed by atoms with E-state index in [-0.39, 0.29) is 35.1 Å². The Kier molecular flexibility index (Phi) is 5.26. The lowest BCUT2D eigenvalue weighted by atomic mass is 10.2. The molecule has 0 bridgehead atoms. The Bertz CT molecular complexity index is 822. The normalized spacial score (nSPS) is 18.4. The van der Waals surface area contributed by atoms with Crippen LogP contribution in [0.5, 0.6) is 5.75 Å². The third-order valence-corrected chi connectivity index (χ3v) is 5.67. The molecule has 1 aromatic rings. The molecule has 0 aliphatic carbocycles. The van der Waals surface area contributed by atoms with Crippen molar-refractivity contribution in [1.82, 2.24) is 4.90 Å². The van der Waals surface area contributed by atoms with Gasteiger partial charge in [-0.2, -0.15) is 0 Å². The lowest BCUT2D eigenvalue weighted by Gasteiger charge is -2.22. The van der Waals surface area contributed by atoms with Crippen LogP contribution in [0.2, 0.25) is 0 Å². The lowest BCUT2D eigenvalue weighted by molar-refractivity contribution is -0.384. The van der Waals surface area contributed by atoms with Crippen molar-refractivity contribution in [2.24, 2.45) is 0 Å². The molecule has 1 N–H and O–H groups in total. The second-order valence-corrected chi connectivity index (χ2v) is 7.80. The van der Waals surface area contributed by atoms with Crippen LogP contribution in [0.1, 0.15) is 6.42 Å². The van der Waals surface area contributed by atoms with E-state index in [0.29, 0.717) is 0 Å². The van der Waals surface area contributed by atoms with Gasteiger partial charge in [-0.3, -0.25) is 19.7 Å². The van der Waals surface area contributed by atoms with Crippen LogP contribution < -0.4 is 10.1 Å². The number of nitro benzene ring substituents is 1. The maximum absolute atomic E-state index is 12.2. The zero-order valence-corrected chi connectivity index (χ0v) is 14.4. The van der Waals surface area contributed by atoms with Gasteiger partial charge in [0.05, 0.1) is 35.3 Å². The number of benzene rings is 1. The number of ether oxygens (including phenoxy) is 1. The number of carbonyl (C=O) groups excluding carboxylic acids is 2. The summed E-state index contributed by atoms with van der Waals surface area (Å²) in [6.07, 6.45) is 0.276. The number of methoxy groups -OCH3 is 1. The van der Waals surface area contributed by atoms with Gasteiger partial charge in [-0.25, -0.2) is 8.42 Å². The quantitative estimate of drug-likeness (QED) is 0.453. The van der Waals surface area contributed by atoms with Crippen LogP contribution in [0.3, 0.4) is 0 Å². The number of nitro groups is 1. The Morgan fingerprint density at radius 3 is 2.60 bits per heavy atom. The van der Waals surface area contributed by atoms with Gasteiger partial charge in [0.15, 0.2) is 9.84 Å². The molecule has 0 spiro atoms. The first kappa shape index (κ1) is 18.6. The smallest absolute Gasteiger partial charge is 0.314 e. The number of hydrogen-bond acceptors (Lipinski definition) is 7. The maximum Gasteiger partial charge on any atom is 0.314 e. The fourth-order valence-corrected chi connectivity index (χ4v) is 4.25. The van der Waals surface area contributed by atoms with E-state index in [2.05, 4.69) is 5.32 Å². The lowest BCUT2D eigenvalue weighted by Crippen LogP contribution is -2.43. The monoisotopic (exact) mass is 371 g/mol. The first-order valence-electron chi connectivity index (χ1n) is 7.25. The van der Waals surface area contributed by atoms with E-state index < -0.39 is 32.6 Å². The van der Waals surface area contributed by atoms with Crippen LogP contribution >= 0.6 is 0 Å². The molecular formula is C14H17N3O7S. The van der Waals surface area contributed by atoms with Crippen LogP contribution in [0.25, 0.3) is 0 Å². The van der Waals surface area contributed by atoms with Gasteiger partial charge in [0.1, 0.15) is 5.75 Å². The van der Waals surface area contributed by atoms with Crippen LogP contribution in [-0.4, -0.2) is 61.8 Å². The zero-order chi connectivity index (χ0) is 18.8. The van der Waals surface area contributed by atoms with E-state index in [1.54, 1.807) is 0 Å². The van der Waals surface area contributed by atoms with E-state index in [1.807, 2.05) is 0 Å². The van der Waals surface area contributed by atoms with Crippen LogP contribution in [0.4, 0.5) is 11.4 Å². The van der Waals surface area contributed by atoms with Crippen molar-refractivity contribution in [3.8, 4) is 5.75 Å². The van der Waals surface area contributed by atoms with E-state index in [9.17, 15) is 28.1 Å². The number of nitrogens with one attached hydrogen (secondary N) is 1. The molecule has 1 unspecified atom stereocenters. The fraction of sp³-hybridized carbons (Fsp3) is 0.429. The summed E-state index contributed by atoms with van der Waals surface area (Å²) in [4.78, 5) is 35.5. The summed E-state index contributed by atoms with van der Waals surface area (Å²) in [6.45, 7) is 0. The second kappa shape index (κ2) is 7.05. The predicted molar refractivity (Wildman–Crippen MR) is 88.1 cm³/mol. The van der Waals surface area contributed by atoms with Crippen molar-refractivity contribution in [1.29, 1.82) is 0 Å². The summed E-state index contributed by atoms with van der Waals surface area (Å²) >= 11 is 0. The van der Waals surface area contributed by atoms with Gasteiger partial charge in [0.25, 0.3) is 5.69 Å². The van der Waals surface area contributed by atoms with Gasteiger partial charge >= 0.3 is 11.8 Å². The van der Waals surface area contributed by atoms with Crippen LogP contribution in [-0.2, 0) is 19.4 Å². The number of carbonyl (C=O) groups is 2. The summed E-state index contributed by atoms with van der Waals surface area (Å²) in [7, 11) is -0.560. The molecule has 1 atom stereocenters. The van der Waals surface area contributed by atoms with Gasteiger partial charge < -0.3 is 15.0 Å². The molecule has 1 heterocycles. The van der Waals surface area contributed by atoms with E-state index in [1.165, 1.54) is 20.2 Å². The number of likely N-dealkylation sites (N-methyl/N-ethyl adjacent to an activating group) is 1. The topological polar surface area (TPSA) is 136 Å². The summed E-state index contributed by atoms with van der Waals surface area (Å²) in [5.74, 6) is -2.06. The third-order valence-electron chi connectivity index (χ3n) is 3.91. The standard InChI is InChI=1S/C14H17N3O7S/c1-16(10-5-6-25(22,23)8-10)14(19)13(18)15-11-4-3-9(17(20)21)7-12(11)24-2/h3-4,7,10H,5-6,8H2,1-2H3,(H,15,18). The summed E-state index contributed by atoms with van der Waals surface area (Å²) in [5.41, 5.74) is -0.131. The van der Waals surface area contributed by atoms with Gasteiger partial charge in [-0.05, 0) is 12.5 Å². The van der Waals surface area contributed by atoms with Crippen LogP contribution in [0.15, 0.2) is 18.2 Å². The highest BCUT2D eigenvalue weighted by atomic mass is 32.2. The molecule has 11 heteroatoms. The number of nitrogens with zero attached hydrogens (tertiary/aromatic N) is 2. The molecule has 1 aromatic carbocycles.